The summed E-state index contributed by atoms with van der Waals surface area (Å²) in [7, 11) is 0. The van der Waals surface area contributed by atoms with Crippen molar-refractivity contribution in [1.82, 2.24) is 0 Å². The first-order valence-corrected chi connectivity index (χ1v) is 2.91. The van der Waals surface area contributed by atoms with Crippen LogP contribution in [0.25, 0.3) is 0 Å². The monoisotopic (exact) mass is 135 g/mol. The summed E-state index contributed by atoms with van der Waals surface area (Å²) in [5, 5.41) is 0. The third-order valence-electron chi connectivity index (χ3n) is 1.16. The largest absolute Gasteiger partial charge is 0.303 e. The van der Waals surface area contributed by atoms with Crippen molar-refractivity contribution in [2.75, 3.05) is 0 Å². The Hall–Kier alpha value is -1.11. The van der Waals surface area contributed by atoms with Crippen molar-refractivity contribution < 1.29 is 4.79 Å². The van der Waals surface area contributed by atoms with Crippen molar-refractivity contribution in [2.24, 2.45) is 0 Å². The van der Waals surface area contributed by atoms with Crippen molar-refractivity contribution in [3.8, 4) is 0 Å². The zero-order valence-electron chi connectivity index (χ0n) is 6.08. The molecule has 0 saturated heterocycles. The van der Waals surface area contributed by atoms with Gasteiger partial charge in [0.25, 0.3) is 0 Å². The molecule has 0 fully saturated rings. The Kier molecular flexibility index (Phi) is 4.21. The Morgan fingerprint density at radius 1 is 1.20 bits per heavy atom. The van der Waals surface area contributed by atoms with Gasteiger partial charge in [-0.05, 0) is 5.56 Å². The maximum Gasteiger partial charge on any atom is 0.124 e. The highest BCUT2D eigenvalue weighted by Gasteiger charge is 1.84. The van der Waals surface area contributed by atoms with E-state index in [9.17, 15) is 4.79 Å². The highest BCUT2D eigenvalue weighted by Crippen LogP contribution is 1.96. The second-order valence-electron chi connectivity index (χ2n) is 1.86. The molecule has 1 heteroatoms. The third kappa shape index (κ3) is 2.44. The van der Waals surface area contributed by atoms with Crippen LogP contribution >= 0.6 is 0 Å². The topological polar surface area (TPSA) is 17.1 Å². The molecule has 1 aromatic carbocycles. The second-order valence-corrected chi connectivity index (χ2v) is 1.86. The highest BCUT2D eigenvalue weighted by atomic mass is 16.1. The molecule has 0 atom stereocenters. The minimum absolute atomic E-state index is 0. The van der Waals surface area contributed by atoms with Crippen molar-refractivity contribution >= 4 is 6.29 Å². The molecular formula is C9H11O. The maximum absolute atomic E-state index is 9.97. The minimum atomic E-state index is 0. The molecule has 0 saturated carbocycles. The van der Waals surface area contributed by atoms with E-state index in [1.165, 1.54) is 0 Å². The highest BCUT2D eigenvalue weighted by molar-refractivity contribution is 5.54. The molecule has 0 aromatic heterocycles. The van der Waals surface area contributed by atoms with Gasteiger partial charge in [0.05, 0.1) is 0 Å². The van der Waals surface area contributed by atoms with Crippen LogP contribution in [0.2, 0.25) is 0 Å². The first kappa shape index (κ1) is 8.89. The SMILES string of the molecule is O=CCc1ccccc1.[CH3]. The number of hydrogen-bond donors (Lipinski definition) is 0. The van der Waals surface area contributed by atoms with E-state index in [4.69, 9.17) is 0 Å². The molecule has 1 nitrogen and oxygen atoms in total. The van der Waals surface area contributed by atoms with Crippen LogP contribution in [-0.4, -0.2) is 6.29 Å². The van der Waals surface area contributed by atoms with E-state index >= 15 is 0 Å². The summed E-state index contributed by atoms with van der Waals surface area (Å²) in [6.07, 6.45) is 1.44. The molecule has 0 aliphatic carbocycles. The Bertz CT molecular complexity index is 179. The Morgan fingerprint density at radius 2 is 1.80 bits per heavy atom. The summed E-state index contributed by atoms with van der Waals surface area (Å²) in [6, 6.07) is 9.68. The fraction of sp³-hybridized carbons (Fsp3) is 0.111. The first-order chi connectivity index (χ1) is 4.43. The molecule has 0 aliphatic rings. The molecule has 1 aromatic rings. The van der Waals surface area contributed by atoms with Gasteiger partial charge in [0.15, 0.2) is 0 Å². The fourth-order valence-corrected chi connectivity index (χ4v) is 0.710. The van der Waals surface area contributed by atoms with Gasteiger partial charge >= 0.3 is 0 Å². The van der Waals surface area contributed by atoms with Crippen molar-refractivity contribution in [2.45, 2.75) is 6.42 Å². The smallest absolute Gasteiger partial charge is 0.124 e. The number of benzene rings is 1. The Morgan fingerprint density at radius 3 is 2.30 bits per heavy atom. The van der Waals surface area contributed by atoms with Crippen LogP contribution in [0.3, 0.4) is 0 Å². The fourth-order valence-electron chi connectivity index (χ4n) is 0.710. The van der Waals surface area contributed by atoms with E-state index < -0.39 is 0 Å². The summed E-state index contributed by atoms with van der Waals surface area (Å²) >= 11 is 0. The standard InChI is InChI=1S/C8H8O.CH3/c9-7-6-8-4-2-1-3-5-8;/h1-5,7H,6H2;1H3. The molecule has 0 spiro atoms. The minimum Gasteiger partial charge on any atom is -0.303 e. The molecule has 10 heavy (non-hydrogen) atoms. The molecule has 0 amide bonds. The molecule has 0 N–H and O–H groups in total. The second kappa shape index (κ2) is 4.74. The number of carbonyl (C=O) groups excluding carboxylic acids is 1. The van der Waals surface area contributed by atoms with Gasteiger partial charge in [0.2, 0.25) is 0 Å². The molecule has 0 unspecified atom stereocenters. The molecule has 0 bridgehead atoms. The summed E-state index contributed by atoms with van der Waals surface area (Å²) in [5.41, 5.74) is 1.08. The molecule has 0 heterocycles. The van der Waals surface area contributed by atoms with Gasteiger partial charge in [-0.25, -0.2) is 0 Å². The predicted molar refractivity (Wildman–Crippen MR) is 42.6 cm³/mol. The lowest BCUT2D eigenvalue weighted by Crippen LogP contribution is -1.82. The average molecular weight is 135 g/mol. The van der Waals surface area contributed by atoms with Crippen LogP contribution in [0, 0.1) is 7.43 Å². The normalized spacial score (nSPS) is 8.00. The third-order valence-corrected chi connectivity index (χ3v) is 1.16. The van der Waals surface area contributed by atoms with E-state index in [-0.39, 0.29) is 7.43 Å². The number of hydrogen-bond acceptors (Lipinski definition) is 1. The Balaban J connectivity index is 0.000000810. The zero-order chi connectivity index (χ0) is 6.53. The van der Waals surface area contributed by atoms with Gasteiger partial charge in [-0.2, -0.15) is 0 Å². The average Bonchev–Trinajstić information content (AvgIpc) is 1.91. The summed E-state index contributed by atoms with van der Waals surface area (Å²) < 4.78 is 0. The molecular weight excluding hydrogens is 124 g/mol. The van der Waals surface area contributed by atoms with Gasteiger partial charge in [-0.15, -0.1) is 0 Å². The van der Waals surface area contributed by atoms with E-state index in [1.807, 2.05) is 30.3 Å². The van der Waals surface area contributed by atoms with E-state index in [0.29, 0.717) is 6.42 Å². The lowest BCUT2D eigenvalue weighted by atomic mass is 10.2. The van der Waals surface area contributed by atoms with Crippen LogP contribution < -0.4 is 0 Å². The van der Waals surface area contributed by atoms with Crippen LogP contribution in [0.15, 0.2) is 30.3 Å². The van der Waals surface area contributed by atoms with E-state index in [2.05, 4.69) is 0 Å². The maximum atomic E-state index is 9.97. The van der Waals surface area contributed by atoms with E-state index in [0.717, 1.165) is 11.8 Å². The van der Waals surface area contributed by atoms with Crippen molar-refractivity contribution in [3.05, 3.63) is 43.3 Å². The molecule has 53 valence electrons. The van der Waals surface area contributed by atoms with Gasteiger partial charge in [0.1, 0.15) is 6.29 Å². The first-order valence-electron chi connectivity index (χ1n) is 2.91. The van der Waals surface area contributed by atoms with Gasteiger partial charge in [-0.3, -0.25) is 0 Å². The molecule has 1 rings (SSSR count). The zero-order valence-corrected chi connectivity index (χ0v) is 6.08. The summed E-state index contributed by atoms with van der Waals surface area (Å²) in [4.78, 5) is 9.97. The van der Waals surface area contributed by atoms with Crippen molar-refractivity contribution in [3.63, 3.8) is 0 Å². The van der Waals surface area contributed by atoms with Gasteiger partial charge < -0.3 is 4.79 Å². The number of aldehydes is 1. The number of rotatable bonds is 2. The molecule has 0 aliphatic heterocycles. The summed E-state index contributed by atoms with van der Waals surface area (Å²) in [6.45, 7) is 0. The molecule has 1 radical (unpaired) electrons. The van der Waals surface area contributed by atoms with Gasteiger partial charge in [-0.1, -0.05) is 37.8 Å². The number of carbonyl (C=O) groups is 1. The quantitative estimate of drug-likeness (QED) is 0.566. The van der Waals surface area contributed by atoms with E-state index in [1.54, 1.807) is 0 Å². The Labute approximate surface area is 61.7 Å². The predicted octanol–water partition coefficient (Wildman–Crippen LogP) is 1.88. The van der Waals surface area contributed by atoms with Crippen molar-refractivity contribution in [1.29, 1.82) is 0 Å². The van der Waals surface area contributed by atoms with Crippen LogP contribution in [0.5, 0.6) is 0 Å². The van der Waals surface area contributed by atoms with Gasteiger partial charge in [0, 0.05) is 6.42 Å². The van der Waals surface area contributed by atoms with Crippen LogP contribution in [-0.2, 0) is 11.2 Å². The van der Waals surface area contributed by atoms with Crippen LogP contribution in [0.4, 0.5) is 0 Å². The summed E-state index contributed by atoms with van der Waals surface area (Å²) in [5.74, 6) is 0. The lowest BCUT2D eigenvalue weighted by molar-refractivity contribution is -0.107. The van der Waals surface area contributed by atoms with Crippen LogP contribution in [0.1, 0.15) is 5.56 Å². The lowest BCUT2D eigenvalue weighted by Gasteiger charge is -1.89.